The zero-order chi connectivity index (χ0) is 23.5. The van der Waals surface area contributed by atoms with Crippen LogP contribution < -0.4 is 14.8 Å². The molecule has 32 heavy (non-hydrogen) atoms. The Kier molecular flexibility index (Phi) is 6.73. The van der Waals surface area contributed by atoms with Gasteiger partial charge in [-0.15, -0.1) is 5.10 Å². The van der Waals surface area contributed by atoms with Gasteiger partial charge in [0.2, 0.25) is 0 Å². The quantitative estimate of drug-likeness (QED) is 0.567. The maximum absolute atomic E-state index is 13.6. The second kappa shape index (κ2) is 9.31. The maximum atomic E-state index is 13.6. The van der Waals surface area contributed by atoms with E-state index in [9.17, 15) is 17.6 Å². The minimum absolute atomic E-state index is 0.0609. The number of sulfone groups is 1. The van der Waals surface area contributed by atoms with E-state index in [2.05, 4.69) is 15.5 Å². The number of amides is 1. The van der Waals surface area contributed by atoms with Crippen LogP contribution >= 0.6 is 0 Å². The summed E-state index contributed by atoms with van der Waals surface area (Å²) in [6.07, 6.45) is 1.10. The van der Waals surface area contributed by atoms with Gasteiger partial charge in [0, 0.05) is 18.0 Å². The van der Waals surface area contributed by atoms with Crippen molar-refractivity contribution in [1.82, 2.24) is 10.2 Å². The van der Waals surface area contributed by atoms with E-state index in [0.29, 0.717) is 16.9 Å². The van der Waals surface area contributed by atoms with Crippen LogP contribution in [-0.4, -0.2) is 37.4 Å². The first-order valence-corrected chi connectivity index (χ1v) is 11.5. The van der Waals surface area contributed by atoms with Gasteiger partial charge in [0.25, 0.3) is 11.8 Å². The number of anilines is 1. The molecule has 1 N–H and O–H groups in total. The zero-order valence-corrected chi connectivity index (χ0v) is 18.8. The van der Waals surface area contributed by atoms with Crippen molar-refractivity contribution in [3.8, 4) is 17.4 Å². The molecule has 0 spiro atoms. The average molecular weight is 459 g/mol. The lowest BCUT2D eigenvalue weighted by Gasteiger charge is -2.14. The van der Waals surface area contributed by atoms with E-state index in [4.69, 9.17) is 9.47 Å². The van der Waals surface area contributed by atoms with Crippen LogP contribution in [-0.2, 0) is 9.84 Å². The first kappa shape index (κ1) is 23.1. The molecule has 0 aliphatic carbocycles. The predicted octanol–water partition coefficient (Wildman–Crippen LogP) is 4.08. The smallest absolute Gasteiger partial charge is 0.261 e. The Morgan fingerprint density at radius 2 is 1.81 bits per heavy atom. The van der Waals surface area contributed by atoms with Crippen molar-refractivity contribution in [2.24, 2.45) is 0 Å². The van der Waals surface area contributed by atoms with Crippen molar-refractivity contribution in [1.29, 1.82) is 0 Å². The number of hydrogen-bond acceptors (Lipinski definition) is 7. The Labute approximate surface area is 185 Å². The lowest BCUT2D eigenvalue weighted by Crippen LogP contribution is -2.15. The molecule has 0 aliphatic rings. The molecule has 0 atom stereocenters. The SMILES string of the molecule is CCOc1cc(F)ccc1Oc1nnc(C)cc1C(=O)Nc1ccc(C)c(S(C)(=O)=O)c1. The van der Waals surface area contributed by atoms with Gasteiger partial charge in [-0.25, -0.2) is 12.8 Å². The molecular weight excluding hydrogens is 437 g/mol. The summed E-state index contributed by atoms with van der Waals surface area (Å²) in [5, 5.41) is 10.5. The molecule has 3 rings (SSSR count). The number of aromatic nitrogens is 2. The maximum Gasteiger partial charge on any atom is 0.261 e. The molecule has 168 valence electrons. The van der Waals surface area contributed by atoms with Crippen LogP contribution in [0.5, 0.6) is 17.4 Å². The number of ether oxygens (including phenoxy) is 2. The minimum Gasteiger partial charge on any atom is -0.490 e. The van der Waals surface area contributed by atoms with Crippen LogP contribution in [0.4, 0.5) is 10.1 Å². The normalized spacial score (nSPS) is 11.2. The van der Waals surface area contributed by atoms with Crippen molar-refractivity contribution in [2.45, 2.75) is 25.7 Å². The standard InChI is InChI=1S/C22H22FN3O5S/c1-5-30-19-11-15(23)7-9-18(19)31-22-17(10-14(3)25-26-22)21(27)24-16-8-6-13(2)20(12-16)32(4,28)29/h6-12H,5H2,1-4H3,(H,24,27). The van der Waals surface area contributed by atoms with Gasteiger partial charge < -0.3 is 14.8 Å². The van der Waals surface area contributed by atoms with E-state index < -0.39 is 21.6 Å². The van der Waals surface area contributed by atoms with Gasteiger partial charge in [-0.2, -0.15) is 5.10 Å². The van der Waals surface area contributed by atoms with Crippen molar-refractivity contribution < 1.29 is 27.1 Å². The average Bonchev–Trinajstić information content (AvgIpc) is 2.72. The molecule has 1 amide bonds. The zero-order valence-electron chi connectivity index (χ0n) is 18.0. The molecule has 0 bridgehead atoms. The highest BCUT2D eigenvalue weighted by molar-refractivity contribution is 7.90. The summed E-state index contributed by atoms with van der Waals surface area (Å²) in [4.78, 5) is 13.1. The molecule has 3 aromatic rings. The number of carbonyl (C=O) groups excluding carboxylic acids is 1. The number of benzene rings is 2. The fourth-order valence-corrected chi connectivity index (χ4v) is 3.92. The second-order valence-corrected chi connectivity index (χ2v) is 9.02. The minimum atomic E-state index is -3.47. The van der Waals surface area contributed by atoms with Gasteiger partial charge in [0.05, 0.1) is 17.2 Å². The van der Waals surface area contributed by atoms with Crippen molar-refractivity contribution in [3.05, 3.63) is 65.1 Å². The number of aryl methyl sites for hydroxylation is 2. The van der Waals surface area contributed by atoms with Gasteiger partial charge in [-0.05, 0) is 56.7 Å². The summed E-state index contributed by atoms with van der Waals surface area (Å²) in [6, 6.07) is 9.79. The molecule has 0 unspecified atom stereocenters. The number of hydrogen-bond donors (Lipinski definition) is 1. The molecule has 0 aliphatic heterocycles. The third kappa shape index (κ3) is 5.38. The molecule has 0 radical (unpaired) electrons. The number of nitrogens with zero attached hydrogens (tertiary/aromatic N) is 2. The summed E-state index contributed by atoms with van der Waals surface area (Å²) >= 11 is 0. The molecule has 0 fully saturated rings. The van der Waals surface area contributed by atoms with E-state index in [-0.39, 0.29) is 34.4 Å². The van der Waals surface area contributed by atoms with Crippen LogP contribution in [0.1, 0.15) is 28.5 Å². The molecule has 2 aromatic carbocycles. The van der Waals surface area contributed by atoms with Crippen molar-refractivity contribution in [2.75, 3.05) is 18.2 Å². The summed E-state index contributed by atoms with van der Waals surface area (Å²) < 4.78 is 48.7. The largest absolute Gasteiger partial charge is 0.490 e. The topological polar surface area (TPSA) is 107 Å². The van der Waals surface area contributed by atoms with Gasteiger partial charge in [-0.3, -0.25) is 4.79 Å². The fraction of sp³-hybridized carbons (Fsp3) is 0.227. The first-order valence-electron chi connectivity index (χ1n) is 9.65. The van der Waals surface area contributed by atoms with E-state index in [1.54, 1.807) is 32.9 Å². The lowest BCUT2D eigenvalue weighted by molar-refractivity contribution is 0.102. The Hall–Kier alpha value is -3.53. The van der Waals surface area contributed by atoms with Crippen molar-refractivity contribution in [3.63, 3.8) is 0 Å². The van der Waals surface area contributed by atoms with E-state index in [0.717, 1.165) is 6.26 Å². The lowest BCUT2D eigenvalue weighted by atomic mass is 10.2. The molecule has 0 saturated heterocycles. The van der Waals surface area contributed by atoms with E-state index in [1.165, 1.54) is 30.3 Å². The summed E-state index contributed by atoms with van der Waals surface area (Å²) in [5.74, 6) is -0.889. The summed E-state index contributed by atoms with van der Waals surface area (Å²) in [6.45, 7) is 5.35. The van der Waals surface area contributed by atoms with Crippen molar-refractivity contribution >= 4 is 21.4 Å². The Balaban J connectivity index is 1.95. The highest BCUT2D eigenvalue weighted by Gasteiger charge is 2.20. The van der Waals surface area contributed by atoms with Crippen LogP contribution in [0.2, 0.25) is 0 Å². The molecule has 8 nitrogen and oxygen atoms in total. The van der Waals surface area contributed by atoms with Crippen LogP contribution in [0.25, 0.3) is 0 Å². The molecule has 0 saturated carbocycles. The Morgan fingerprint density at radius 3 is 2.50 bits per heavy atom. The predicted molar refractivity (Wildman–Crippen MR) is 117 cm³/mol. The Morgan fingerprint density at radius 1 is 1.06 bits per heavy atom. The molecule has 1 aromatic heterocycles. The monoisotopic (exact) mass is 459 g/mol. The fourth-order valence-electron chi connectivity index (χ4n) is 2.93. The first-order chi connectivity index (χ1) is 15.1. The molecule has 10 heteroatoms. The number of nitrogens with one attached hydrogen (secondary N) is 1. The van der Waals surface area contributed by atoms with Gasteiger partial charge in [-0.1, -0.05) is 6.07 Å². The number of halogens is 1. The second-order valence-electron chi connectivity index (χ2n) is 7.04. The van der Waals surface area contributed by atoms with Crippen LogP contribution in [0.15, 0.2) is 47.4 Å². The highest BCUT2D eigenvalue weighted by Crippen LogP contribution is 2.33. The van der Waals surface area contributed by atoms with E-state index in [1.807, 2.05) is 0 Å². The van der Waals surface area contributed by atoms with Gasteiger partial charge >= 0.3 is 0 Å². The highest BCUT2D eigenvalue weighted by atomic mass is 32.2. The summed E-state index contributed by atoms with van der Waals surface area (Å²) in [5.41, 5.74) is 1.38. The molecular formula is C22H22FN3O5S. The van der Waals surface area contributed by atoms with Gasteiger partial charge in [0.1, 0.15) is 11.4 Å². The van der Waals surface area contributed by atoms with Crippen LogP contribution in [0.3, 0.4) is 0 Å². The van der Waals surface area contributed by atoms with Crippen LogP contribution in [0, 0.1) is 19.7 Å². The van der Waals surface area contributed by atoms with Gasteiger partial charge in [0.15, 0.2) is 21.3 Å². The molecule has 1 heterocycles. The number of carbonyl (C=O) groups is 1. The third-order valence-electron chi connectivity index (χ3n) is 4.38. The number of rotatable bonds is 7. The summed E-state index contributed by atoms with van der Waals surface area (Å²) in [7, 11) is -3.47. The van der Waals surface area contributed by atoms with E-state index >= 15 is 0 Å². The third-order valence-corrected chi connectivity index (χ3v) is 5.62. The Bertz CT molecular complexity index is 1280.